The van der Waals surface area contributed by atoms with E-state index in [0.717, 1.165) is 5.56 Å². The zero-order valence-electron chi connectivity index (χ0n) is 76.9. The van der Waals surface area contributed by atoms with Crippen LogP contribution in [0, 0.1) is 11.3 Å². The smallest absolute Gasteiger partial charge is 0.0991 e. The Morgan fingerprint density at radius 3 is 0.977 bits per heavy atom. The zero-order valence-corrected chi connectivity index (χ0v) is 77.7. The lowest BCUT2D eigenvalue weighted by Gasteiger charge is -2.27. The number of thiophene rings is 1. The normalized spacial score (nSPS) is 12.6. The fraction of sp³-hybridized carbons (Fsp3) is 0.148. The summed E-state index contributed by atoms with van der Waals surface area (Å²) < 4.78 is 2.71. The molecule has 22 aromatic rings. The fourth-order valence-corrected chi connectivity index (χ4v) is 22.4. The van der Waals surface area contributed by atoms with Gasteiger partial charge in [-0.2, -0.15) is 5.26 Å². The van der Waals surface area contributed by atoms with E-state index in [0.29, 0.717) is 0 Å². The Labute approximate surface area is 769 Å². The first-order chi connectivity index (χ1) is 62.8. The molecule has 0 amide bonds. The Kier molecular flexibility index (Phi) is 21.3. The number of hydrogen-bond acceptors (Lipinski definition) is 2. The van der Waals surface area contributed by atoms with Crippen LogP contribution < -0.4 is 0 Å². The number of benzene rings is 21. The highest BCUT2D eigenvalue weighted by Crippen LogP contribution is 2.54. The Balaban J connectivity index is 0.000000109. The molecular formula is C128H107NS. The second-order valence-electron chi connectivity index (χ2n) is 40.0. The van der Waals surface area contributed by atoms with Gasteiger partial charge in [-0.05, 0) is 272 Å². The molecule has 1 heterocycles. The molecule has 0 fully saturated rings. The molecule has 630 valence electrons. The molecule has 1 nitrogen and oxygen atoms in total. The second-order valence-corrected chi connectivity index (χ2v) is 41.1. The van der Waals surface area contributed by atoms with Gasteiger partial charge in [0, 0.05) is 25.6 Å². The van der Waals surface area contributed by atoms with Crippen LogP contribution in [0.25, 0.3) is 195 Å². The maximum absolute atomic E-state index is 9.48. The summed E-state index contributed by atoms with van der Waals surface area (Å²) >= 11 is 1.89. The van der Waals surface area contributed by atoms with Gasteiger partial charge in [-0.25, -0.2) is 0 Å². The van der Waals surface area contributed by atoms with Crippen molar-refractivity contribution in [3.8, 4) is 84.0 Å². The highest BCUT2D eigenvalue weighted by atomic mass is 32.1. The number of nitriles is 1. The minimum atomic E-state index is -0.162. The van der Waals surface area contributed by atoms with Crippen LogP contribution >= 0.6 is 11.3 Å². The van der Waals surface area contributed by atoms with Crippen LogP contribution in [0.2, 0.25) is 0 Å². The average molecular weight is 1690 g/mol. The Morgan fingerprint density at radius 1 is 0.215 bits per heavy atom. The van der Waals surface area contributed by atoms with Gasteiger partial charge in [-0.15, -0.1) is 11.3 Å². The summed E-state index contributed by atoms with van der Waals surface area (Å²) in [5.41, 5.74) is 27.0. The van der Waals surface area contributed by atoms with E-state index in [2.05, 4.69) is 491 Å². The van der Waals surface area contributed by atoms with Gasteiger partial charge in [-0.1, -0.05) is 449 Å². The number of rotatable bonds is 6. The molecule has 1 aliphatic rings. The first-order valence-electron chi connectivity index (χ1n) is 45.9. The highest BCUT2D eigenvalue weighted by molar-refractivity contribution is 7.25. The standard InChI is InChI=1S/C34H29N.C34H28.C30H24S.C30H26/c1-33(2,3)32-27-12-8-6-10-25(27)31(26-11-7-9-13-28(26)32)22-15-17-24-23-16-14-21(20-35)18-29(23)34(4,5)30(24)19-22;1-34(2,3)33-30-16-10-9-15-28(30)32(27-18-17-24-13-7-8-14-25(24)21-27)29-20-19-26(22-31(29)33)23-11-5-4-6-12-23;1-30(2,3)29-24-13-6-4-11-22(24)28(23-12-5-7-14-25(23)29)19-16-17-21-20-10-8-9-15-26(20)31-27(21)18-19;1-30(2,3)23-19-17-22(18-20-23)29-26-15-9-7-13-24(26)28(21-11-5-4-6-12-21)25-14-8-10-16-27(25)29/h6-19H,1-5H3;4-22H,1-3H3;4-18H,1-3H3;4-20H,1-3H3. The highest BCUT2D eigenvalue weighted by Gasteiger charge is 2.37. The van der Waals surface area contributed by atoms with Crippen molar-refractivity contribution in [1.82, 2.24) is 0 Å². The lowest BCUT2D eigenvalue weighted by atomic mass is 9.77. The molecule has 0 spiro atoms. The molecule has 0 atom stereocenters. The van der Waals surface area contributed by atoms with E-state index < -0.39 is 0 Å². The van der Waals surface area contributed by atoms with Crippen LogP contribution in [0.5, 0.6) is 0 Å². The molecule has 0 unspecified atom stereocenters. The molecule has 23 rings (SSSR count). The summed E-state index contributed by atoms with van der Waals surface area (Å²) in [5, 5.41) is 35.9. The third-order valence-electron chi connectivity index (χ3n) is 27.1. The summed E-state index contributed by atoms with van der Waals surface area (Å²) in [6.07, 6.45) is 0. The Morgan fingerprint density at radius 2 is 0.523 bits per heavy atom. The fourth-order valence-electron chi connectivity index (χ4n) is 21.3. The van der Waals surface area contributed by atoms with Crippen LogP contribution in [-0.2, 0) is 27.1 Å². The molecule has 0 radical (unpaired) electrons. The monoisotopic (exact) mass is 1690 g/mol. The van der Waals surface area contributed by atoms with E-state index in [9.17, 15) is 5.26 Å². The maximum Gasteiger partial charge on any atom is 0.0991 e. The van der Waals surface area contributed by atoms with Crippen LogP contribution in [0.4, 0.5) is 0 Å². The van der Waals surface area contributed by atoms with Crippen LogP contribution in [0.3, 0.4) is 0 Å². The molecule has 0 bridgehead atoms. The topological polar surface area (TPSA) is 23.8 Å². The maximum atomic E-state index is 9.48. The van der Waals surface area contributed by atoms with Gasteiger partial charge in [-0.3, -0.25) is 0 Å². The van der Waals surface area contributed by atoms with Crippen molar-refractivity contribution in [2.24, 2.45) is 0 Å². The van der Waals surface area contributed by atoms with Gasteiger partial charge in [0.1, 0.15) is 0 Å². The average Bonchev–Trinajstić information content (AvgIpc) is 1.13. The van der Waals surface area contributed by atoms with Crippen molar-refractivity contribution in [2.75, 3.05) is 0 Å². The lowest BCUT2D eigenvalue weighted by Crippen LogP contribution is -2.15. The molecule has 21 aromatic carbocycles. The summed E-state index contributed by atoms with van der Waals surface area (Å²) in [7, 11) is 0. The Bertz CT molecular complexity index is 8090. The molecule has 130 heavy (non-hydrogen) atoms. The molecular weight excluding hydrogens is 1580 g/mol. The first kappa shape index (κ1) is 83.9. The van der Waals surface area contributed by atoms with Gasteiger partial charge in [0.25, 0.3) is 0 Å². The van der Waals surface area contributed by atoms with E-state index in [1.54, 1.807) is 0 Å². The minimum absolute atomic E-state index is 0.00901. The largest absolute Gasteiger partial charge is 0.192 e. The number of fused-ring (bicyclic) bond motifs is 15. The summed E-state index contributed by atoms with van der Waals surface area (Å²) in [6.45, 7) is 32.3. The van der Waals surface area contributed by atoms with E-state index in [-0.39, 0.29) is 27.1 Å². The minimum Gasteiger partial charge on any atom is -0.192 e. The summed E-state index contributed by atoms with van der Waals surface area (Å²) in [5.74, 6) is 0. The second kappa shape index (κ2) is 33.1. The van der Waals surface area contributed by atoms with Crippen LogP contribution in [0.15, 0.2) is 394 Å². The van der Waals surface area contributed by atoms with Crippen molar-refractivity contribution in [3.63, 3.8) is 0 Å². The van der Waals surface area contributed by atoms with E-state index in [1.807, 2.05) is 17.4 Å². The van der Waals surface area contributed by atoms with E-state index in [1.165, 1.54) is 228 Å². The third-order valence-corrected chi connectivity index (χ3v) is 28.2. The number of hydrogen-bond donors (Lipinski definition) is 0. The van der Waals surface area contributed by atoms with E-state index in [4.69, 9.17) is 0 Å². The van der Waals surface area contributed by atoms with Gasteiger partial charge < -0.3 is 0 Å². The predicted octanol–water partition coefficient (Wildman–Crippen LogP) is 36.9. The van der Waals surface area contributed by atoms with E-state index >= 15 is 0 Å². The van der Waals surface area contributed by atoms with Crippen molar-refractivity contribution >= 4 is 128 Å². The lowest BCUT2D eigenvalue weighted by molar-refractivity contribution is 0.590. The molecule has 1 aliphatic carbocycles. The molecule has 0 saturated carbocycles. The van der Waals surface area contributed by atoms with Gasteiger partial charge in [0.05, 0.1) is 11.6 Å². The van der Waals surface area contributed by atoms with Crippen molar-refractivity contribution < 1.29 is 0 Å². The summed E-state index contributed by atoms with van der Waals surface area (Å²) in [4.78, 5) is 0. The first-order valence-corrected chi connectivity index (χ1v) is 46.7. The Hall–Kier alpha value is -14.3. The quantitative estimate of drug-likeness (QED) is 0.152. The van der Waals surface area contributed by atoms with Crippen molar-refractivity contribution in [2.45, 2.75) is 124 Å². The molecule has 1 aromatic heterocycles. The van der Waals surface area contributed by atoms with Crippen LogP contribution in [0.1, 0.15) is 136 Å². The van der Waals surface area contributed by atoms with Crippen molar-refractivity contribution in [3.05, 3.63) is 433 Å². The number of nitrogens with zero attached hydrogens (tertiary/aromatic N) is 1. The third kappa shape index (κ3) is 15.0. The molecule has 2 heteroatoms. The van der Waals surface area contributed by atoms with Gasteiger partial charge in [0.2, 0.25) is 0 Å². The molecule has 0 saturated heterocycles. The van der Waals surface area contributed by atoms with Gasteiger partial charge in [0.15, 0.2) is 0 Å². The molecule has 0 aliphatic heterocycles. The zero-order chi connectivity index (χ0) is 89.7. The summed E-state index contributed by atoms with van der Waals surface area (Å²) in [6, 6.07) is 146. The van der Waals surface area contributed by atoms with Crippen molar-refractivity contribution in [1.29, 1.82) is 5.26 Å². The van der Waals surface area contributed by atoms with Crippen LogP contribution in [-0.4, -0.2) is 0 Å². The van der Waals surface area contributed by atoms with Gasteiger partial charge >= 0.3 is 0 Å². The SMILES string of the molecule is CC(C)(C)c1c2ccccc2c(-c2ccc3c(c2)C(C)(C)c2cc(C#N)ccc2-3)c2ccccc12.CC(C)(C)c1c2ccccc2c(-c2ccc3c(c2)sc2ccccc23)c2ccccc12.CC(C)(C)c1c2ccccc2c(-c2ccc3ccccc3c2)c2ccc(-c3ccccc3)cc12.CC(C)(C)c1ccc(-c2c3ccccc3c(-c3ccccc3)c3ccccc23)cc1. The molecule has 0 N–H and O–H groups in total. The predicted molar refractivity (Wildman–Crippen MR) is 566 cm³/mol.